The van der Waals surface area contributed by atoms with Gasteiger partial charge in [0.2, 0.25) is 0 Å². The zero-order valence-corrected chi connectivity index (χ0v) is 10.9. The fourth-order valence-electron chi connectivity index (χ4n) is 1.83. The van der Waals surface area contributed by atoms with Gasteiger partial charge in [-0.15, -0.1) is 5.10 Å². The van der Waals surface area contributed by atoms with Gasteiger partial charge in [0.1, 0.15) is 0 Å². The number of hydrogen-bond acceptors (Lipinski definition) is 2. The Morgan fingerprint density at radius 3 is 2.75 bits per heavy atom. The quantitative estimate of drug-likeness (QED) is 0.632. The molecule has 0 aliphatic heterocycles. The molecule has 0 aliphatic carbocycles. The maximum absolute atomic E-state index is 4.15. The van der Waals surface area contributed by atoms with Gasteiger partial charge in [-0.25, -0.2) is 4.68 Å². The number of aromatic nitrogens is 3. The third kappa shape index (κ3) is 4.77. The monoisotopic (exact) mass is 223 g/mol. The van der Waals surface area contributed by atoms with E-state index in [9.17, 15) is 0 Å². The van der Waals surface area contributed by atoms with Crippen LogP contribution in [-0.2, 0) is 13.0 Å². The molecule has 0 fully saturated rings. The Morgan fingerprint density at radius 2 is 2.06 bits per heavy atom. The van der Waals surface area contributed by atoms with Gasteiger partial charge in [-0.1, -0.05) is 45.2 Å². The standard InChI is InChI=1S/C13H25N3/c1-4-5-9-13-11-14-15-16(13)10-7-6-8-12(2)3/h11-12H,4-10H2,1-3H3. The molecule has 0 unspecified atom stereocenters. The average Bonchev–Trinajstić information content (AvgIpc) is 2.69. The number of rotatable bonds is 8. The van der Waals surface area contributed by atoms with Crippen LogP contribution in [-0.4, -0.2) is 15.0 Å². The van der Waals surface area contributed by atoms with Crippen LogP contribution < -0.4 is 0 Å². The highest BCUT2D eigenvalue weighted by molar-refractivity contribution is 4.93. The first-order valence-corrected chi connectivity index (χ1v) is 6.61. The molecule has 1 heterocycles. The minimum Gasteiger partial charge on any atom is -0.249 e. The van der Waals surface area contributed by atoms with Crippen molar-refractivity contribution < 1.29 is 0 Å². The second-order valence-corrected chi connectivity index (χ2v) is 4.94. The van der Waals surface area contributed by atoms with Crippen LogP contribution in [0.25, 0.3) is 0 Å². The molecule has 3 heteroatoms. The normalized spacial score (nSPS) is 11.2. The Morgan fingerprint density at radius 1 is 1.25 bits per heavy atom. The maximum atomic E-state index is 4.15. The summed E-state index contributed by atoms with van der Waals surface area (Å²) in [6, 6.07) is 0. The summed E-state index contributed by atoms with van der Waals surface area (Å²) in [6.07, 6.45) is 9.34. The molecule has 1 aromatic rings. The smallest absolute Gasteiger partial charge is 0.0725 e. The van der Waals surface area contributed by atoms with E-state index in [1.807, 2.05) is 6.20 Å². The molecule has 1 rings (SSSR count). The van der Waals surface area contributed by atoms with E-state index in [0.717, 1.165) is 18.9 Å². The molecule has 0 N–H and O–H groups in total. The number of aryl methyl sites for hydroxylation is 2. The van der Waals surface area contributed by atoms with Crippen molar-refractivity contribution in [2.75, 3.05) is 0 Å². The SMILES string of the molecule is CCCCc1cnnn1CCCCC(C)C. The van der Waals surface area contributed by atoms with E-state index in [2.05, 4.69) is 35.8 Å². The lowest BCUT2D eigenvalue weighted by Gasteiger charge is -2.07. The van der Waals surface area contributed by atoms with Crippen molar-refractivity contribution in [3.05, 3.63) is 11.9 Å². The van der Waals surface area contributed by atoms with Gasteiger partial charge in [-0.3, -0.25) is 0 Å². The fourth-order valence-corrected chi connectivity index (χ4v) is 1.83. The summed E-state index contributed by atoms with van der Waals surface area (Å²) in [6.45, 7) is 7.81. The molecule has 0 atom stereocenters. The summed E-state index contributed by atoms with van der Waals surface area (Å²) in [4.78, 5) is 0. The Balaban J connectivity index is 2.27. The zero-order valence-electron chi connectivity index (χ0n) is 10.9. The fraction of sp³-hybridized carbons (Fsp3) is 0.846. The molecule has 0 amide bonds. The summed E-state index contributed by atoms with van der Waals surface area (Å²) in [5.41, 5.74) is 1.30. The topological polar surface area (TPSA) is 30.7 Å². The van der Waals surface area contributed by atoms with Gasteiger partial charge in [-0.05, 0) is 25.2 Å². The lowest BCUT2D eigenvalue weighted by atomic mass is 10.1. The van der Waals surface area contributed by atoms with Gasteiger partial charge in [-0.2, -0.15) is 0 Å². The molecule has 3 nitrogen and oxygen atoms in total. The van der Waals surface area contributed by atoms with E-state index in [0.29, 0.717) is 0 Å². The van der Waals surface area contributed by atoms with Crippen LogP contribution >= 0.6 is 0 Å². The van der Waals surface area contributed by atoms with Crippen LogP contribution in [0, 0.1) is 5.92 Å². The first kappa shape index (κ1) is 13.2. The first-order chi connectivity index (χ1) is 7.74. The third-order valence-electron chi connectivity index (χ3n) is 2.89. The molecule has 0 spiro atoms. The molecule has 0 saturated heterocycles. The Labute approximate surface area is 99.2 Å². The van der Waals surface area contributed by atoms with Crippen molar-refractivity contribution in [1.29, 1.82) is 0 Å². The summed E-state index contributed by atoms with van der Waals surface area (Å²) in [7, 11) is 0. The predicted molar refractivity (Wildman–Crippen MR) is 67.3 cm³/mol. The molecule has 0 saturated carbocycles. The largest absolute Gasteiger partial charge is 0.249 e. The minimum absolute atomic E-state index is 0.815. The Hall–Kier alpha value is -0.860. The molecule has 92 valence electrons. The van der Waals surface area contributed by atoms with Crippen LogP contribution in [0.15, 0.2) is 6.20 Å². The minimum atomic E-state index is 0.815. The van der Waals surface area contributed by atoms with Crippen molar-refractivity contribution in [2.24, 2.45) is 5.92 Å². The van der Waals surface area contributed by atoms with Gasteiger partial charge < -0.3 is 0 Å². The van der Waals surface area contributed by atoms with Gasteiger partial charge >= 0.3 is 0 Å². The van der Waals surface area contributed by atoms with Crippen molar-refractivity contribution in [3.8, 4) is 0 Å². The highest BCUT2D eigenvalue weighted by Gasteiger charge is 2.03. The highest BCUT2D eigenvalue weighted by Crippen LogP contribution is 2.09. The van der Waals surface area contributed by atoms with Crippen molar-refractivity contribution >= 4 is 0 Å². The van der Waals surface area contributed by atoms with Gasteiger partial charge in [0.05, 0.1) is 11.9 Å². The van der Waals surface area contributed by atoms with Crippen molar-refractivity contribution in [3.63, 3.8) is 0 Å². The highest BCUT2D eigenvalue weighted by atomic mass is 15.4. The summed E-state index contributed by atoms with van der Waals surface area (Å²) in [5.74, 6) is 0.815. The molecule has 0 bridgehead atoms. The average molecular weight is 223 g/mol. The lowest BCUT2D eigenvalue weighted by molar-refractivity contribution is 0.475. The molecular formula is C13H25N3. The van der Waals surface area contributed by atoms with Crippen LogP contribution in [0.1, 0.15) is 58.6 Å². The maximum Gasteiger partial charge on any atom is 0.0725 e. The van der Waals surface area contributed by atoms with E-state index in [-0.39, 0.29) is 0 Å². The van der Waals surface area contributed by atoms with E-state index < -0.39 is 0 Å². The van der Waals surface area contributed by atoms with E-state index in [4.69, 9.17) is 0 Å². The van der Waals surface area contributed by atoms with E-state index in [1.165, 1.54) is 37.8 Å². The molecule has 0 aromatic carbocycles. The predicted octanol–water partition coefficient (Wildman–Crippen LogP) is 3.45. The first-order valence-electron chi connectivity index (χ1n) is 6.61. The third-order valence-corrected chi connectivity index (χ3v) is 2.89. The number of nitrogens with zero attached hydrogens (tertiary/aromatic N) is 3. The van der Waals surface area contributed by atoms with Crippen molar-refractivity contribution in [1.82, 2.24) is 15.0 Å². The molecule has 1 aromatic heterocycles. The Bertz CT molecular complexity index is 278. The summed E-state index contributed by atoms with van der Waals surface area (Å²) in [5, 5.41) is 8.15. The van der Waals surface area contributed by atoms with Crippen LogP contribution in [0.4, 0.5) is 0 Å². The molecule has 0 aliphatic rings. The molecular weight excluding hydrogens is 198 g/mol. The Kier molecular flexibility index (Phi) is 6.12. The zero-order chi connectivity index (χ0) is 11.8. The number of hydrogen-bond donors (Lipinski definition) is 0. The number of unbranched alkanes of at least 4 members (excludes halogenated alkanes) is 2. The second kappa shape index (κ2) is 7.42. The van der Waals surface area contributed by atoms with Crippen LogP contribution in [0.3, 0.4) is 0 Å². The van der Waals surface area contributed by atoms with Gasteiger partial charge in [0.15, 0.2) is 0 Å². The van der Waals surface area contributed by atoms with Crippen LogP contribution in [0.2, 0.25) is 0 Å². The summed E-state index contributed by atoms with van der Waals surface area (Å²) < 4.78 is 2.08. The lowest BCUT2D eigenvalue weighted by Crippen LogP contribution is -2.05. The van der Waals surface area contributed by atoms with E-state index in [1.54, 1.807) is 0 Å². The second-order valence-electron chi connectivity index (χ2n) is 4.94. The summed E-state index contributed by atoms with van der Waals surface area (Å²) >= 11 is 0. The van der Waals surface area contributed by atoms with Gasteiger partial charge in [0.25, 0.3) is 0 Å². The molecule has 0 radical (unpaired) electrons. The van der Waals surface area contributed by atoms with Crippen molar-refractivity contribution in [2.45, 2.75) is 65.8 Å². The van der Waals surface area contributed by atoms with E-state index >= 15 is 0 Å². The van der Waals surface area contributed by atoms with Gasteiger partial charge in [0, 0.05) is 6.54 Å². The molecule has 16 heavy (non-hydrogen) atoms. The van der Waals surface area contributed by atoms with Crippen LogP contribution in [0.5, 0.6) is 0 Å².